The molecule has 0 saturated carbocycles. The maximum atomic E-state index is 12.1. The van der Waals surface area contributed by atoms with Crippen molar-refractivity contribution in [2.24, 2.45) is 0 Å². The lowest BCUT2D eigenvalue weighted by molar-refractivity contribution is -0.898. The second-order valence-electron chi connectivity index (χ2n) is 5.75. The van der Waals surface area contributed by atoms with E-state index in [9.17, 15) is 9.59 Å². The number of likely N-dealkylation sites (N-methyl/N-ethyl adjacent to an activating group) is 1. The zero-order valence-electron chi connectivity index (χ0n) is 14.0. The molecule has 6 nitrogen and oxygen atoms in total. The Balaban J connectivity index is 2.61. The molecule has 0 aromatic heterocycles. The molecular formula is C16H26N3O3+. The fourth-order valence-electron chi connectivity index (χ4n) is 1.79. The van der Waals surface area contributed by atoms with Gasteiger partial charge in [0.15, 0.2) is 6.54 Å². The van der Waals surface area contributed by atoms with E-state index in [0.717, 1.165) is 13.1 Å². The highest BCUT2D eigenvalue weighted by Crippen LogP contribution is 2.16. The molecule has 0 saturated heterocycles. The minimum Gasteiger partial charge on any atom is -0.410 e. The molecule has 1 aromatic carbocycles. The summed E-state index contributed by atoms with van der Waals surface area (Å²) in [4.78, 5) is 24.9. The highest BCUT2D eigenvalue weighted by atomic mass is 16.6. The highest BCUT2D eigenvalue weighted by molar-refractivity contribution is 5.91. The molecule has 0 atom stereocenters. The van der Waals surface area contributed by atoms with Crippen LogP contribution in [0.3, 0.4) is 0 Å². The second-order valence-corrected chi connectivity index (χ2v) is 5.75. The van der Waals surface area contributed by atoms with Crippen LogP contribution in [-0.2, 0) is 4.79 Å². The summed E-state index contributed by atoms with van der Waals surface area (Å²) >= 11 is 0. The van der Waals surface area contributed by atoms with E-state index in [2.05, 4.69) is 26.2 Å². The minimum absolute atomic E-state index is 0.0239. The fourth-order valence-corrected chi connectivity index (χ4v) is 1.79. The first-order valence-corrected chi connectivity index (χ1v) is 7.42. The Hall–Kier alpha value is -2.08. The molecule has 0 unspecified atom stereocenters. The van der Waals surface area contributed by atoms with Crippen LogP contribution in [0.25, 0.3) is 0 Å². The van der Waals surface area contributed by atoms with Crippen LogP contribution >= 0.6 is 0 Å². The van der Waals surface area contributed by atoms with Gasteiger partial charge in [-0.05, 0) is 38.1 Å². The quantitative estimate of drug-likeness (QED) is 0.819. The van der Waals surface area contributed by atoms with E-state index >= 15 is 0 Å². The van der Waals surface area contributed by atoms with Crippen molar-refractivity contribution in [1.29, 1.82) is 0 Å². The molecule has 0 aliphatic heterocycles. The summed E-state index contributed by atoms with van der Waals surface area (Å²) in [6, 6.07) is 6.76. The third-order valence-corrected chi connectivity index (χ3v) is 3.76. The minimum atomic E-state index is -0.434. The van der Waals surface area contributed by atoms with Crippen molar-refractivity contribution in [3.8, 4) is 5.75 Å². The van der Waals surface area contributed by atoms with Gasteiger partial charge in [0, 0.05) is 19.8 Å². The summed E-state index contributed by atoms with van der Waals surface area (Å²) in [6.45, 7) is 6.40. The average Bonchev–Trinajstić information content (AvgIpc) is 2.48. The largest absolute Gasteiger partial charge is 0.414 e. The number of rotatable bonds is 6. The standard InChI is InChI=1S/C16H25N3O3/c1-6-19(5,7-2)12-15(20)17-13-8-10-14(11-9-13)22-16(21)18(3)4/h8-11H,6-7,12H2,1-5H3/p+1. The molecule has 6 heteroatoms. The first kappa shape index (κ1) is 18.0. The van der Waals surface area contributed by atoms with E-state index in [4.69, 9.17) is 4.74 Å². The maximum absolute atomic E-state index is 12.1. The number of amides is 2. The van der Waals surface area contributed by atoms with Gasteiger partial charge in [-0.25, -0.2) is 4.79 Å². The van der Waals surface area contributed by atoms with Gasteiger partial charge >= 0.3 is 6.09 Å². The van der Waals surface area contributed by atoms with Gasteiger partial charge in [0.2, 0.25) is 0 Å². The zero-order chi connectivity index (χ0) is 16.8. The van der Waals surface area contributed by atoms with Crippen molar-refractivity contribution < 1.29 is 18.8 Å². The van der Waals surface area contributed by atoms with Crippen LogP contribution in [0.15, 0.2) is 24.3 Å². The number of nitrogens with one attached hydrogen (secondary N) is 1. The van der Waals surface area contributed by atoms with Gasteiger partial charge in [0.05, 0.1) is 20.1 Å². The molecule has 0 spiro atoms. The average molecular weight is 308 g/mol. The molecule has 1 N–H and O–H groups in total. The molecule has 0 fully saturated rings. The molecule has 1 rings (SSSR count). The van der Waals surface area contributed by atoms with Crippen LogP contribution < -0.4 is 10.1 Å². The van der Waals surface area contributed by atoms with Crippen molar-refractivity contribution in [3.63, 3.8) is 0 Å². The second kappa shape index (κ2) is 7.79. The molecule has 22 heavy (non-hydrogen) atoms. The number of quaternary nitrogens is 1. The van der Waals surface area contributed by atoms with Crippen molar-refractivity contribution >= 4 is 17.7 Å². The predicted octanol–water partition coefficient (Wildman–Crippen LogP) is 2.17. The number of carbonyl (C=O) groups excluding carboxylic acids is 2. The molecule has 1 aromatic rings. The van der Waals surface area contributed by atoms with Crippen molar-refractivity contribution in [2.45, 2.75) is 13.8 Å². The number of benzene rings is 1. The van der Waals surface area contributed by atoms with E-state index in [-0.39, 0.29) is 5.91 Å². The molecule has 0 heterocycles. The normalized spacial score (nSPS) is 11.0. The first-order chi connectivity index (χ1) is 10.3. The van der Waals surface area contributed by atoms with Gasteiger partial charge in [-0.2, -0.15) is 0 Å². The monoisotopic (exact) mass is 308 g/mol. The third kappa shape index (κ3) is 5.37. The highest BCUT2D eigenvalue weighted by Gasteiger charge is 2.21. The third-order valence-electron chi connectivity index (χ3n) is 3.76. The summed E-state index contributed by atoms with van der Waals surface area (Å²) in [5.41, 5.74) is 0.688. The number of anilines is 1. The maximum Gasteiger partial charge on any atom is 0.414 e. The number of ether oxygens (including phenoxy) is 1. The van der Waals surface area contributed by atoms with E-state index in [1.807, 2.05) is 0 Å². The molecule has 0 aliphatic carbocycles. The number of hydrogen-bond donors (Lipinski definition) is 1. The number of carbonyl (C=O) groups is 2. The van der Waals surface area contributed by atoms with Gasteiger partial charge in [-0.1, -0.05) is 0 Å². The summed E-state index contributed by atoms with van der Waals surface area (Å²) < 4.78 is 5.82. The molecule has 0 radical (unpaired) electrons. The summed E-state index contributed by atoms with van der Waals surface area (Å²) in [5, 5.41) is 2.86. The Morgan fingerprint density at radius 2 is 1.68 bits per heavy atom. The van der Waals surface area contributed by atoms with Gasteiger partial charge in [0.1, 0.15) is 5.75 Å². The van der Waals surface area contributed by atoms with E-state index in [1.54, 1.807) is 38.4 Å². The zero-order valence-corrected chi connectivity index (χ0v) is 14.0. The van der Waals surface area contributed by atoms with Gasteiger partial charge < -0.3 is 19.4 Å². The van der Waals surface area contributed by atoms with Crippen LogP contribution in [0, 0.1) is 0 Å². The van der Waals surface area contributed by atoms with Crippen molar-refractivity contribution in [3.05, 3.63) is 24.3 Å². The lowest BCUT2D eigenvalue weighted by Crippen LogP contribution is -2.48. The van der Waals surface area contributed by atoms with Gasteiger partial charge in [-0.15, -0.1) is 0 Å². The Labute approximate surface area is 132 Å². The van der Waals surface area contributed by atoms with Gasteiger partial charge in [-0.3, -0.25) is 4.79 Å². The Kier molecular flexibility index (Phi) is 6.37. The van der Waals surface area contributed by atoms with Crippen LogP contribution in [0.2, 0.25) is 0 Å². The Morgan fingerprint density at radius 1 is 1.14 bits per heavy atom. The smallest absolute Gasteiger partial charge is 0.410 e. The van der Waals surface area contributed by atoms with E-state index in [0.29, 0.717) is 22.5 Å². The van der Waals surface area contributed by atoms with Crippen LogP contribution in [0.1, 0.15) is 13.8 Å². The van der Waals surface area contributed by atoms with Crippen molar-refractivity contribution in [1.82, 2.24) is 4.90 Å². The summed E-state index contributed by atoms with van der Waals surface area (Å²) in [5.74, 6) is 0.420. The molecule has 0 aliphatic rings. The number of hydrogen-bond acceptors (Lipinski definition) is 3. The Morgan fingerprint density at radius 3 is 2.14 bits per heavy atom. The topological polar surface area (TPSA) is 58.6 Å². The molecule has 122 valence electrons. The first-order valence-electron chi connectivity index (χ1n) is 7.42. The van der Waals surface area contributed by atoms with Crippen LogP contribution in [0.5, 0.6) is 5.75 Å². The fraction of sp³-hybridized carbons (Fsp3) is 0.500. The Bertz CT molecular complexity index is 508. The lowest BCUT2D eigenvalue weighted by atomic mass is 10.3. The van der Waals surface area contributed by atoms with E-state index in [1.165, 1.54) is 4.90 Å². The molecule has 0 bridgehead atoms. The lowest BCUT2D eigenvalue weighted by Gasteiger charge is -2.31. The SMILES string of the molecule is CC[N+](C)(CC)CC(=O)Nc1ccc(OC(=O)N(C)C)cc1. The summed E-state index contributed by atoms with van der Waals surface area (Å²) in [6.07, 6.45) is -0.434. The summed E-state index contributed by atoms with van der Waals surface area (Å²) in [7, 11) is 5.30. The van der Waals surface area contributed by atoms with Crippen LogP contribution in [0.4, 0.5) is 10.5 Å². The molecular weight excluding hydrogens is 282 g/mol. The van der Waals surface area contributed by atoms with Crippen LogP contribution in [-0.4, -0.2) is 62.2 Å². The number of nitrogens with zero attached hydrogens (tertiary/aromatic N) is 2. The van der Waals surface area contributed by atoms with E-state index < -0.39 is 6.09 Å². The molecule has 2 amide bonds. The predicted molar refractivity (Wildman–Crippen MR) is 86.9 cm³/mol. The van der Waals surface area contributed by atoms with Gasteiger partial charge in [0.25, 0.3) is 5.91 Å². The van der Waals surface area contributed by atoms with Crippen molar-refractivity contribution in [2.75, 3.05) is 46.1 Å².